The molecular formula is C15H26N2O3. The van der Waals surface area contributed by atoms with Crippen molar-refractivity contribution >= 4 is 12.0 Å². The SMILES string of the molecule is CCCC1(C(=O)O)CCCN1C(=O)N1CCC(C)(C)C1. The van der Waals surface area contributed by atoms with Gasteiger partial charge in [-0.1, -0.05) is 27.2 Å². The second-order valence-electron chi connectivity index (χ2n) is 6.96. The van der Waals surface area contributed by atoms with Gasteiger partial charge in [0.1, 0.15) is 5.54 Å². The monoisotopic (exact) mass is 282 g/mol. The van der Waals surface area contributed by atoms with E-state index in [2.05, 4.69) is 13.8 Å². The lowest BCUT2D eigenvalue weighted by Crippen LogP contribution is -2.56. The molecule has 2 heterocycles. The number of carboxylic acids is 1. The molecule has 0 aromatic heterocycles. The maximum atomic E-state index is 12.7. The van der Waals surface area contributed by atoms with Crippen molar-refractivity contribution in [3.05, 3.63) is 0 Å². The van der Waals surface area contributed by atoms with Crippen molar-refractivity contribution < 1.29 is 14.7 Å². The van der Waals surface area contributed by atoms with Crippen LogP contribution in [0.5, 0.6) is 0 Å². The average molecular weight is 282 g/mol. The molecule has 0 bridgehead atoms. The van der Waals surface area contributed by atoms with Gasteiger partial charge in [0, 0.05) is 19.6 Å². The molecular weight excluding hydrogens is 256 g/mol. The van der Waals surface area contributed by atoms with Gasteiger partial charge in [0.2, 0.25) is 0 Å². The lowest BCUT2D eigenvalue weighted by atomic mass is 9.91. The zero-order chi connectivity index (χ0) is 15.0. The van der Waals surface area contributed by atoms with Crippen molar-refractivity contribution in [1.29, 1.82) is 0 Å². The van der Waals surface area contributed by atoms with E-state index in [1.807, 2.05) is 11.8 Å². The Morgan fingerprint density at radius 3 is 2.40 bits per heavy atom. The van der Waals surface area contributed by atoms with Gasteiger partial charge < -0.3 is 14.9 Å². The largest absolute Gasteiger partial charge is 0.479 e. The molecule has 1 atom stereocenters. The third-order valence-corrected chi connectivity index (χ3v) is 4.73. The molecule has 0 aromatic rings. The van der Waals surface area contributed by atoms with Gasteiger partial charge >= 0.3 is 12.0 Å². The maximum Gasteiger partial charge on any atom is 0.329 e. The number of amides is 2. The number of hydrogen-bond donors (Lipinski definition) is 1. The first-order chi connectivity index (χ1) is 9.32. The van der Waals surface area contributed by atoms with Crippen LogP contribution in [-0.2, 0) is 4.79 Å². The molecule has 0 saturated carbocycles. The number of carboxylic acid groups (broad SMARTS) is 1. The normalized spacial score (nSPS) is 28.9. The lowest BCUT2D eigenvalue weighted by Gasteiger charge is -2.37. The summed E-state index contributed by atoms with van der Waals surface area (Å²) in [5, 5.41) is 9.65. The molecule has 2 fully saturated rings. The van der Waals surface area contributed by atoms with Crippen LogP contribution in [0.3, 0.4) is 0 Å². The van der Waals surface area contributed by atoms with E-state index in [-0.39, 0.29) is 11.4 Å². The van der Waals surface area contributed by atoms with E-state index in [4.69, 9.17) is 0 Å². The van der Waals surface area contributed by atoms with Gasteiger partial charge in [-0.15, -0.1) is 0 Å². The van der Waals surface area contributed by atoms with E-state index in [1.165, 1.54) is 0 Å². The molecule has 2 saturated heterocycles. The fraction of sp³-hybridized carbons (Fsp3) is 0.867. The van der Waals surface area contributed by atoms with E-state index >= 15 is 0 Å². The number of hydrogen-bond acceptors (Lipinski definition) is 2. The van der Waals surface area contributed by atoms with Gasteiger partial charge in [-0.05, 0) is 31.1 Å². The number of carbonyl (C=O) groups excluding carboxylic acids is 1. The fourth-order valence-electron chi connectivity index (χ4n) is 3.61. The van der Waals surface area contributed by atoms with Crippen LogP contribution in [0.4, 0.5) is 4.79 Å². The van der Waals surface area contributed by atoms with E-state index in [1.54, 1.807) is 4.90 Å². The van der Waals surface area contributed by atoms with Crippen LogP contribution in [0.2, 0.25) is 0 Å². The van der Waals surface area contributed by atoms with Crippen LogP contribution >= 0.6 is 0 Å². The molecule has 0 spiro atoms. The van der Waals surface area contributed by atoms with Crippen molar-refractivity contribution in [1.82, 2.24) is 9.80 Å². The minimum atomic E-state index is -0.974. The highest BCUT2D eigenvalue weighted by Crippen LogP contribution is 2.37. The Bertz CT molecular complexity index is 408. The van der Waals surface area contributed by atoms with Crippen LogP contribution in [0.1, 0.15) is 52.9 Å². The molecule has 2 rings (SSSR count). The quantitative estimate of drug-likeness (QED) is 0.865. The molecule has 2 aliphatic rings. The highest BCUT2D eigenvalue weighted by Gasteiger charge is 2.51. The molecule has 1 unspecified atom stereocenters. The van der Waals surface area contributed by atoms with Gasteiger partial charge in [0.05, 0.1) is 0 Å². The first kappa shape index (κ1) is 15.1. The number of rotatable bonds is 3. The van der Waals surface area contributed by atoms with Crippen LogP contribution in [0.25, 0.3) is 0 Å². The lowest BCUT2D eigenvalue weighted by molar-refractivity contribution is -0.148. The van der Waals surface area contributed by atoms with Crippen LogP contribution in [-0.4, -0.2) is 52.1 Å². The Morgan fingerprint density at radius 2 is 1.90 bits per heavy atom. The Morgan fingerprint density at radius 1 is 1.20 bits per heavy atom. The Labute approximate surface area is 120 Å². The molecule has 20 heavy (non-hydrogen) atoms. The highest BCUT2D eigenvalue weighted by atomic mass is 16.4. The predicted molar refractivity (Wildman–Crippen MR) is 76.6 cm³/mol. The topological polar surface area (TPSA) is 60.9 Å². The number of nitrogens with zero attached hydrogens (tertiary/aromatic N) is 2. The van der Waals surface area contributed by atoms with Crippen molar-refractivity contribution in [2.45, 2.75) is 58.4 Å². The second kappa shape index (κ2) is 5.26. The second-order valence-corrected chi connectivity index (χ2v) is 6.96. The summed E-state index contributed by atoms with van der Waals surface area (Å²) in [4.78, 5) is 27.9. The maximum absolute atomic E-state index is 12.7. The number of aliphatic carboxylic acids is 1. The average Bonchev–Trinajstić information content (AvgIpc) is 2.93. The molecule has 2 aliphatic heterocycles. The van der Waals surface area contributed by atoms with Crippen molar-refractivity contribution in [2.75, 3.05) is 19.6 Å². The summed E-state index contributed by atoms with van der Waals surface area (Å²) >= 11 is 0. The van der Waals surface area contributed by atoms with E-state index in [0.29, 0.717) is 19.4 Å². The molecule has 0 aliphatic carbocycles. The third kappa shape index (κ3) is 2.50. The molecule has 0 aromatic carbocycles. The van der Waals surface area contributed by atoms with Crippen molar-refractivity contribution in [2.24, 2.45) is 5.41 Å². The zero-order valence-corrected chi connectivity index (χ0v) is 12.8. The molecule has 1 N–H and O–H groups in total. The Kier molecular flexibility index (Phi) is 3.98. The van der Waals surface area contributed by atoms with Gasteiger partial charge in [-0.3, -0.25) is 0 Å². The number of likely N-dealkylation sites (tertiary alicyclic amines) is 2. The van der Waals surface area contributed by atoms with Gasteiger partial charge in [0.15, 0.2) is 0 Å². The molecule has 5 nitrogen and oxygen atoms in total. The fourth-order valence-corrected chi connectivity index (χ4v) is 3.61. The van der Waals surface area contributed by atoms with Crippen LogP contribution < -0.4 is 0 Å². The number of carbonyl (C=O) groups is 2. The third-order valence-electron chi connectivity index (χ3n) is 4.73. The summed E-state index contributed by atoms with van der Waals surface area (Å²) in [5.74, 6) is -0.844. The van der Waals surface area contributed by atoms with Gasteiger partial charge in [0.25, 0.3) is 0 Å². The minimum Gasteiger partial charge on any atom is -0.479 e. The van der Waals surface area contributed by atoms with E-state index in [0.717, 1.165) is 32.4 Å². The van der Waals surface area contributed by atoms with Crippen molar-refractivity contribution in [3.8, 4) is 0 Å². The summed E-state index contributed by atoms with van der Waals surface area (Å²) < 4.78 is 0. The van der Waals surface area contributed by atoms with Crippen LogP contribution in [0.15, 0.2) is 0 Å². The summed E-state index contributed by atoms with van der Waals surface area (Å²) in [7, 11) is 0. The molecule has 5 heteroatoms. The van der Waals surface area contributed by atoms with Gasteiger partial charge in [-0.25, -0.2) is 9.59 Å². The first-order valence-electron chi connectivity index (χ1n) is 7.62. The van der Waals surface area contributed by atoms with Crippen LogP contribution in [0, 0.1) is 5.41 Å². The Hall–Kier alpha value is -1.26. The van der Waals surface area contributed by atoms with E-state index in [9.17, 15) is 14.7 Å². The smallest absolute Gasteiger partial charge is 0.329 e. The summed E-state index contributed by atoms with van der Waals surface area (Å²) in [6.07, 6.45) is 3.68. The number of urea groups is 1. The molecule has 2 amide bonds. The summed E-state index contributed by atoms with van der Waals surface area (Å²) in [6.45, 7) is 8.32. The van der Waals surface area contributed by atoms with Gasteiger partial charge in [-0.2, -0.15) is 0 Å². The predicted octanol–water partition coefficient (Wildman–Crippen LogP) is 2.56. The highest BCUT2D eigenvalue weighted by molar-refractivity contribution is 5.87. The molecule has 0 radical (unpaired) electrons. The van der Waals surface area contributed by atoms with E-state index < -0.39 is 11.5 Å². The summed E-state index contributed by atoms with van der Waals surface area (Å²) in [5.41, 5.74) is -0.829. The standard InChI is InChI=1S/C15H26N2O3/c1-4-6-15(12(18)19)7-5-9-17(15)13(20)16-10-8-14(2,3)11-16/h4-11H2,1-3H3,(H,18,19). The first-order valence-corrected chi connectivity index (χ1v) is 7.62. The van der Waals surface area contributed by atoms with Crippen molar-refractivity contribution in [3.63, 3.8) is 0 Å². The summed E-state index contributed by atoms with van der Waals surface area (Å²) in [6, 6.07) is -0.0797. The Balaban J connectivity index is 2.18. The molecule has 114 valence electrons. The minimum absolute atomic E-state index is 0.0797. The zero-order valence-electron chi connectivity index (χ0n) is 12.8.